The molecule has 1 rings (SSSR count). The molecule has 1 saturated carbocycles. The first-order valence-corrected chi connectivity index (χ1v) is 5.15. The molecule has 1 aliphatic rings. The zero-order valence-electron chi connectivity index (χ0n) is 8.75. The maximum atomic E-state index is 11.5. The Morgan fingerprint density at radius 1 is 1.57 bits per heavy atom. The highest BCUT2D eigenvalue weighted by atomic mass is 16.2. The minimum atomic E-state index is 0.0786. The number of amides is 1. The fourth-order valence-corrected chi connectivity index (χ4v) is 1.72. The zero-order chi connectivity index (χ0) is 10.4. The van der Waals surface area contributed by atoms with Crippen molar-refractivity contribution in [2.75, 3.05) is 20.1 Å². The second-order valence-electron chi connectivity index (χ2n) is 3.82. The average Bonchev–Trinajstić information content (AvgIpc) is 2.67. The van der Waals surface area contributed by atoms with Gasteiger partial charge in [0.25, 0.3) is 0 Å². The lowest BCUT2D eigenvalue weighted by Crippen LogP contribution is -2.39. The second-order valence-corrected chi connectivity index (χ2v) is 3.82. The summed E-state index contributed by atoms with van der Waals surface area (Å²) in [5.41, 5.74) is 0. The Kier molecular flexibility index (Phi) is 4.48. The van der Waals surface area contributed by atoms with Crippen molar-refractivity contribution in [1.29, 1.82) is 0 Å². The minimum absolute atomic E-state index is 0.0786. The van der Waals surface area contributed by atoms with Crippen LogP contribution in [0.1, 0.15) is 25.7 Å². The molecule has 3 heteroatoms. The lowest BCUT2D eigenvalue weighted by atomic mass is 10.2. The van der Waals surface area contributed by atoms with E-state index in [1.54, 1.807) is 11.9 Å². The molecule has 0 saturated heterocycles. The number of hydrogen-bond donors (Lipinski definition) is 1. The average molecular weight is 194 g/mol. The van der Waals surface area contributed by atoms with Crippen molar-refractivity contribution in [1.82, 2.24) is 10.2 Å². The van der Waals surface area contributed by atoms with Gasteiger partial charge in [0.15, 0.2) is 0 Å². The lowest BCUT2D eigenvalue weighted by Gasteiger charge is -2.16. The van der Waals surface area contributed by atoms with Gasteiger partial charge in [-0.1, -0.05) is 18.8 Å². The number of nitrogens with zero attached hydrogens (tertiary/aromatic N) is 1. The van der Waals surface area contributed by atoms with E-state index in [1.807, 2.05) is 0 Å². The summed E-state index contributed by atoms with van der Waals surface area (Å²) in [4.78, 5) is 13.0. The van der Waals surface area contributed by atoms with Crippen LogP contribution in [0, 0.1) is 12.3 Å². The second kappa shape index (κ2) is 5.66. The van der Waals surface area contributed by atoms with Crippen LogP contribution in [0.15, 0.2) is 0 Å². The van der Waals surface area contributed by atoms with Crippen LogP contribution >= 0.6 is 0 Å². The molecule has 0 atom stereocenters. The van der Waals surface area contributed by atoms with Gasteiger partial charge in [-0.15, -0.1) is 6.42 Å². The summed E-state index contributed by atoms with van der Waals surface area (Å²) >= 11 is 0. The molecule has 1 fully saturated rings. The highest BCUT2D eigenvalue weighted by Crippen LogP contribution is 2.17. The van der Waals surface area contributed by atoms with Crippen molar-refractivity contribution in [2.24, 2.45) is 0 Å². The normalized spacial score (nSPS) is 16.6. The molecule has 0 aliphatic heterocycles. The highest BCUT2D eigenvalue weighted by Gasteiger charge is 2.16. The van der Waals surface area contributed by atoms with E-state index in [4.69, 9.17) is 6.42 Å². The fraction of sp³-hybridized carbons (Fsp3) is 0.727. The first-order chi connectivity index (χ1) is 6.74. The van der Waals surface area contributed by atoms with Gasteiger partial charge in [0.05, 0.1) is 13.1 Å². The molecular weight excluding hydrogens is 176 g/mol. The van der Waals surface area contributed by atoms with E-state index in [1.165, 1.54) is 25.7 Å². The topological polar surface area (TPSA) is 32.3 Å². The largest absolute Gasteiger partial charge is 0.334 e. The number of terminal acetylenes is 1. The number of hydrogen-bond acceptors (Lipinski definition) is 2. The Hall–Kier alpha value is -1.01. The van der Waals surface area contributed by atoms with Gasteiger partial charge < -0.3 is 10.2 Å². The summed E-state index contributed by atoms with van der Waals surface area (Å²) in [5.74, 6) is 2.53. The number of likely N-dealkylation sites (N-methyl/N-ethyl adjacent to an activating group) is 1. The van der Waals surface area contributed by atoms with Gasteiger partial charge in [0.2, 0.25) is 5.91 Å². The van der Waals surface area contributed by atoms with E-state index in [0.717, 1.165) is 0 Å². The third-order valence-corrected chi connectivity index (χ3v) is 2.65. The summed E-state index contributed by atoms with van der Waals surface area (Å²) in [6.45, 7) is 0.814. The Balaban J connectivity index is 2.17. The molecule has 0 radical (unpaired) electrons. The third-order valence-electron chi connectivity index (χ3n) is 2.65. The van der Waals surface area contributed by atoms with E-state index in [2.05, 4.69) is 11.2 Å². The van der Waals surface area contributed by atoms with Gasteiger partial charge in [-0.3, -0.25) is 4.79 Å². The molecule has 0 bridgehead atoms. The molecule has 14 heavy (non-hydrogen) atoms. The van der Waals surface area contributed by atoms with Crippen molar-refractivity contribution in [3.63, 3.8) is 0 Å². The zero-order valence-corrected chi connectivity index (χ0v) is 8.75. The van der Waals surface area contributed by atoms with Crippen LogP contribution < -0.4 is 5.32 Å². The van der Waals surface area contributed by atoms with Gasteiger partial charge in [-0.05, 0) is 12.8 Å². The van der Waals surface area contributed by atoms with Gasteiger partial charge in [0.1, 0.15) is 0 Å². The molecule has 1 N–H and O–H groups in total. The van der Waals surface area contributed by atoms with Crippen LogP contribution in [0.3, 0.4) is 0 Å². The van der Waals surface area contributed by atoms with E-state index >= 15 is 0 Å². The summed E-state index contributed by atoms with van der Waals surface area (Å²) in [5, 5.41) is 3.26. The maximum Gasteiger partial charge on any atom is 0.237 e. The highest BCUT2D eigenvalue weighted by molar-refractivity contribution is 5.78. The fourth-order valence-electron chi connectivity index (χ4n) is 1.72. The van der Waals surface area contributed by atoms with Crippen LogP contribution in [0.4, 0.5) is 0 Å². The summed E-state index contributed by atoms with van der Waals surface area (Å²) < 4.78 is 0. The molecule has 0 aromatic carbocycles. The number of carbonyl (C=O) groups excluding carboxylic acids is 1. The maximum absolute atomic E-state index is 11.5. The Morgan fingerprint density at radius 2 is 2.21 bits per heavy atom. The van der Waals surface area contributed by atoms with Crippen LogP contribution in [0.25, 0.3) is 0 Å². The van der Waals surface area contributed by atoms with Crippen molar-refractivity contribution >= 4 is 5.91 Å². The predicted molar refractivity (Wildman–Crippen MR) is 56.7 cm³/mol. The molecule has 3 nitrogen and oxygen atoms in total. The Morgan fingerprint density at radius 3 is 2.79 bits per heavy atom. The number of rotatable bonds is 4. The van der Waals surface area contributed by atoms with Gasteiger partial charge in [-0.25, -0.2) is 0 Å². The summed E-state index contributed by atoms with van der Waals surface area (Å²) in [7, 11) is 1.73. The number of carbonyl (C=O) groups is 1. The third kappa shape index (κ3) is 3.39. The smallest absolute Gasteiger partial charge is 0.237 e. The quantitative estimate of drug-likeness (QED) is 0.665. The Labute approximate surface area is 85.9 Å². The predicted octanol–water partition coefficient (Wildman–Crippen LogP) is 0.610. The monoisotopic (exact) mass is 194 g/mol. The molecule has 78 valence electrons. The number of nitrogens with one attached hydrogen (secondary N) is 1. The van der Waals surface area contributed by atoms with Crippen LogP contribution in [0.5, 0.6) is 0 Å². The van der Waals surface area contributed by atoms with Crippen LogP contribution in [-0.2, 0) is 4.79 Å². The lowest BCUT2D eigenvalue weighted by molar-refractivity contribution is -0.128. The van der Waals surface area contributed by atoms with Crippen molar-refractivity contribution in [2.45, 2.75) is 31.7 Å². The molecule has 0 unspecified atom stereocenters. The molecule has 0 aromatic heterocycles. The standard InChI is InChI=1S/C11H18N2O/c1-3-8-13(2)11(14)9-12-10-6-4-5-7-10/h1,10,12H,4-9H2,2H3. The van der Waals surface area contributed by atoms with E-state index in [-0.39, 0.29) is 5.91 Å². The van der Waals surface area contributed by atoms with E-state index in [9.17, 15) is 4.79 Å². The molecule has 1 aliphatic carbocycles. The Bertz CT molecular complexity index is 226. The van der Waals surface area contributed by atoms with E-state index < -0.39 is 0 Å². The first kappa shape index (κ1) is 11.1. The van der Waals surface area contributed by atoms with Crippen molar-refractivity contribution in [3.8, 4) is 12.3 Å². The summed E-state index contributed by atoms with van der Waals surface area (Å²) in [6, 6.07) is 0.540. The molecule has 1 amide bonds. The summed E-state index contributed by atoms with van der Waals surface area (Å²) in [6.07, 6.45) is 10.1. The van der Waals surface area contributed by atoms with Crippen molar-refractivity contribution in [3.05, 3.63) is 0 Å². The van der Waals surface area contributed by atoms with Crippen molar-refractivity contribution < 1.29 is 4.79 Å². The van der Waals surface area contributed by atoms with E-state index in [0.29, 0.717) is 19.1 Å². The van der Waals surface area contributed by atoms with Gasteiger partial charge in [-0.2, -0.15) is 0 Å². The van der Waals surface area contributed by atoms with Crippen LogP contribution in [-0.4, -0.2) is 37.0 Å². The van der Waals surface area contributed by atoms with Crippen LogP contribution in [0.2, 0.25) is 0 Å². The molecule has 0 spiro atoms. The van der Waals surface area contributed by atoms with Gasteiger partial charge in [0, 0.05) is 13.1 Å². The first-order valence-electron chi connectivity index (χ1n) is 5.15. The molecule has 0 aromatic rings. The van der Waals surface area contributed by atoms with Gasteiger partial charge >= 0.3 is 0 Å². The minimum Gasteiger partial charge on any atom is -0.334 e. The molecule has 0 heterocycles. The SMILES string of the molecule is C#CCN(C)C(=O)CNC1CCCC1. The molecular formula is C11H18N2O.